The summed E-state index contributed by atoms with van der Waals surface area (Å²) in [6.07, 6.45) is 1.48. The number of carbonyl (C=O) groups excluding carboxylic acids is 1. The molecule has 2 rings (SSSR count). The lowest BCUT2D eigenvalue weighted by Crippen LogP contribution is -2.06. The number of ether oxygens (including phenoxy) is 2. The molecule has 0 aliphatic heterocycles. The van der Waals surface area contributed by atoms with Gasteiger partial charge in [0, 0.05) is 5.56 Å². The van der Waals surface area contributed by atoms with Gasteiger partial charge in [0.15, 0.2) is 0 Å². The van der Waals surface area contributed by atoms with E-state index in [1.807, 2.05) is 6.07 Å². The number of rotatable bonds is 6. The van der Waals surface area contributed by atoms with E-state index in [1.165, 1.54) is 12.1 Å². The molecule has 0 bridgehead atoms. The van der Waals surface area contributed by atoms with Crippen LogP contribution >= 0.6 is 45.2 Å². The lowest BCUT2D eigenvalue weighted by Gasteiger charge is -2.12. The standard InChI is InChI=1S/C19H14FI2NO3/c1-2-25-19(24)14(10-23)7-12-8-16(21)18(17(22)9-12)26-11-13-5-3-4-6-15(13)20/h3-9H,2,11H2,1H3/b14-7-. The Morgan fingerprint density at radius 3 is 2.50 bits per heavy atom. The topological polar surface area (TPSA) is 59.3 Å². The molecule has 26 heavy (non-hydrogen) atoms. The fourth-order valence-electron chi connectivity index (χ4n) is 2.08. The smallest absolute Gasteiger partial charge is 0.348 e. The summed E-state index contributed by atoms with van der Waals surface area (Å²) in [7, 11) is 0. The van der Waals surface area contributed by atoms with Crippen LogP contribution in [0, 0.1) is 24.3 Å². The quantitative estimate of drug-likeness (QED) is 0.208. The van der Waals surface area contributed by atoms with E-state index >= 15 is 0 Å². The van der Waals surface area contributed by atoms with Gasteiger partial charge in [0.2, 0.25) is 0 Å². The monoisotopic (exact) mass is 577 g/mol. The van der Waals surface area contributed by atoms with Gasteiger partial charge >= 0.3 is 5.97 Å². The molecule has 0 aliphatic carbocycles. The van der Waals surface area contributed by atoms with E-state index in [0.29, 0.717) is 16.9 Å². The molecule has 0 saturated carbocycles. The van der Waals surface area contributed by atoms with Crippen LogP contribution in [0.4, 0.5) is 4.39 Å². The second-order valence-electron chi connectivity index (χ2n) is 5.08. The summed E-state index contributed by atoms with van der Waals surface area (Å²) in [5.41, 5.74) is 1.08. The first-order valence-electron chi connectivity index (χ1n) is 7.60. The normalized spacial score (nSPS) is 11.0. The molecule has 2 aromatic carbocycles. The van der Waals surface area contributed by atoms with Crippen molar-refractivity contribution in [3.63, 3.8) is 0 Å². The molecule has 0 amide bonds. The number of nitrogens with zero attached hydrogens (tertiary/aromatic N) is 1. The van der Waals surface area contributed by atoms with Gasteiger partial charge in [0.25, 0.3) is 0 Å². The van der Waals surface area contributed by atoms with E-state index in [0.717, 1.165) is 7.14 Å². The van der Waals surface area contributed by atoms with Gasteiger partial charge in [0.1, 0.15) is 29.8 Å². The molecule has 0 heterocycles. The van der Waals surface area contributed by atoms with Crippen molar-refractivity contribution in [1.82, 2.24) is 0 Å². The molecule has 4 nitrogen and oxygen atoms in total. The summed E-state index contributed by atoms with van der Waals surface area (Å²) in [5.74, 6) is -0.341. The van der Waals surface area contributed by atoms with Gasteiger partial charge < -0.3 is 9.47 Å². The number of benzene rings is 2. The number of halogens is 3. The Balaban J connectivity index is 2.24. The lowest BCUT2D eigenvalue weighted by molar-refractivity contribution is -0.137. The molecule has 0 atom stereocenters. The van der Waals surface area contributed by atoms with Crippen molar-refractivity contribution in [2.45, 2.75) is 13.5 Å². The van der Waals surface area contributed by atoms with Crippen molar-refractivity contribution >= 4 is 57.2 Å². The van der Waals surface area contributed by atoms with Crippen LogP contribution in [0.5, 0.6) is 5.75 Å². The van der Waals surface area contributed by atoms with Crippen molar-refractivity contribution in [2.75, 3.05) is 6.61 Å². The zero-order valence-corrected chi connectivity index (χ0v) is 18.1. The Hall–Kier alpha value is -1.67. The maximum Gasteiger partial charge on any atom is 0.348 e. The van der Waals surface area contributed by atoms with Crippen LogP contribution < -0.4 is 4.74 Å². The van der Waals surface area contributed by atoms with Gasteiger partial charge in [-0.15, -0.1) is 0 Å². The average molecular weight is 577 g/mol. The van der Waals surface area contributed by atoms with Gasteiger partial charge in [-0.05, 0) is 81.9 Å². The fraction of sp³-hybridized carbons (Fsp3) is 0.158. The van der Waals surface area contributed by atoms with E-state index in [4.69, 9.17) is 14.7 Å². The van der Waals surface area contributed by atoms with Gasteiger partial charge in [-0.2, -0.15) is 5.26 Å². The molecule has 0 unspecified atom stereocenters. The summed E-state index contributed by atoms with van der Waals surface area (Å²) in [6, 6.07) is 11.9. The van der Waals surface area contributed by atoms with Gasteiger partial charge in [-0.25, -0.2) is 9.18 Å². The minimum atomic E-state index is -0.653. The molecule has 0 aromatic heterocycles. The Morgan fingerprint density at radius 2 is 1.92 bits per heavy atom. The van der Waals surface area contributed by atoms with Gasteiger partial charge in [0.05, 0.1) is 13.7 Å². The molecule has 0 saturated heterocycles. The molecule has 2 aromatic rings. The van der Waals surface area contributed by atoms with Crippen LogP contribution in [0.25, 0.3) is 6.08 Å². The third-order valence-electron chi connectivity index (χ3n) is 3.28. The largest absolute Gasteiger partial charge is 0.487 e. The predicted octanol–water partition coefficient (Wildman–Crippen LogP) is 5.08. The second-order valence-corrected chi connectivity index (χ2v) is 7.41. The Bertz CT molecular complexity index is 868. The van der Waals surface area contributed by atoms with E-state index in [-0.39, 0.29) is 24.6 Å². The highest BCUT2D eigenvalue weighted by atomic mass is 127. The molecule has 0 N–H and O–H groups in total. The highest BCUT2D eigenvalue weighted by molar-refractivity contribution is 14.1. The van der Waals surface area contributed by atoms with Crippen molar-refractivity contribution in [3.05, 3.63) is 66.1 Å². The summed E-state index contributed by atoms with van der Waals surface area (Å²) in [4.78, 5) is 11.7. The molecule has 0 radical (unpaired) electrons. The average Bonchev–Trinajstić information content (AvgIpc) is 2.60. The maximum absolute atomic E-state index is 13.7. The molecular formula is C19H14FI2NO3. The predicted molar refractivity (Wildman–Crippen MR) is 113 cm³/mol. The van der Waals surface area contributed by atoms with Crippen molar-refractivity contribution < 1.29 is 18.7 Å². The van der Waals surface area contributed by atoms with E-state index < -0.39 is 5.97 Å². The Morgan fingerprint density at radius 1 is 1.27 bits per heavy atom. The number of hydrogen-bond acceptors (Lipinski definition) is 4. The summed E-state index contributed by atoms with van der Waals surface area (Å²) < 4.78 is 25.9. The van der Waals surface area contributed by atoms with Crippen LogP contribution in [0.1, 0.15) is 18.1 Å². The van der Waals surface area contributed by atoms with Crippen LogP contribution in [0.15, 0.2) is 42.0 Å². The molecular weight excluding hydrogens is 563 g/mol. The minimum Gasteiger partial charge on any atom is -0.487 e. The van der Waals surface area contributed by atoms with Crippen LogP contribution in [-0.4, -0.2) is 12.6 Å². The summed E-state index contributed by atoms with van der Waals surface area (Å²) >= 11 is 4.21. The third kappa shape index (κ3) is 5.41. The maximum atomic E-state index is 13.7. The van der Waals surface area contributed by atoms with Crippen molar-refractivity contribution in [3.8, 4) is 11.8 Å². The number of esters is 1. The first kappa shape index (κ1) is 20.6. The summed E-state index contributed by atoms with van der Waals surface area (Å²) in [5, 5.41) is 9.13. The fourth-order valence-corrected chi connectivity index (χ4v) is 4.21. The summed E-state index contributed by atoms with van der Waals surface area (Å²) in [6.45, 7) is 2.00. The highest BCUT2D eigenvalue weighted by Crippen LogP contribution is 2.30. The zero-order valence-electron chi connectivity index (χ0n) is 13.8. The van der Waals surface area contributed by atoms with E-state index in [9.17, 15) is 9.18 Å². The number of hydrogen-bond donors (Lipinski definition) is 0. The van der Waals surface area contributed by atoms with Gasteiger partial charge in [-0.1, -0.05) is 18.2 Å². The molecule has 0 spiro atoms. The van der Waals surface area contributed by atoms with Crippen molar-refractivity contribution in [2.24, 2.45) is 0 Å². The van der Waals surface area contributed by atoms with Crippen LogP contribution in [0.3, 0.4) is 0 Å². The molecule has 7 heteroatoms. The number of nitriles is 1. The number of carbonyl (C=O) groups is 1. The zero-order chi connectivity index (χ0) is 19.1. The first-order chi connectivity index (χ1) is 12.5. The van der Waals surface area contributed by atoms with E-state index in [2.05, 4.69) is 45.2 Å². The minimum absolute atomic E-state index is 0.0709. The lowest BCUT2D eigenvalue weighted by atomic mass is 10.1. The van der Waals surface area contributed by atoms with Gasteiger partial charge in [-0.3, -0.25) is 0 Å². The van der Waals surface area contributed by atoms with Crippen LogP contribution in [-0.2, 0) is 16.1 Å². The van der Waals surface area contributed by atoms with E-state index in [1.54, 1.807) is 37.3 Å². The highest BCUT2D eigenvalue weighted by Gasteiger charge is 2.13. The third-order valence-corrected chi connectivity index (χ3v) is 4.88. The molecule has 0 fully saturated rings. The molecule has 134 valence electrons. The SMILES string of the molecule is CCOC(=O)/C(C#N)=C\c1cc(I)c(OCc2ccccc2F)c(I)c1. The molecule has 0 aliphatic rings. The second kappa shape index (κ2) is 9.87. The Labute approximate surface area is 178 Å². The van der Waals surface area contributed by atoms with Crippen molar-refractivity contribution in [1.29, 1.82) is 5.26 Å². The van der Waals surface area contributed by atoms with Crippen LogP contribution in [0.2, 0.25) is 0 Å². The first-order valence-corrected chi connectivity index (χ1v) is 9.76. The Kier molecular flexibility index (Phi) is 7.84.